The van der Waals surface area contributed by atoms with Gasteiger partial charge in [-0.3, -0.25) is 4.79 Å². The second kappa shape index (κ2) is 1.60. The van der Waals surface area contributed by atoms with E-state index < -0.39 is 28.0 Å². The lowest BCUT2D eigenvalue weighted by Crippen LogP contribution is -2.60. The Labute approximate surface area is 87.9 Å². The summed E-state index contributed by atoms with van der Waals surface area (Å²) in [7, 11) is 0. The van der Waals surface area contributed by atoms with E-state index in [9.17, 15) is 4.79 Å². The van der Waals surface area contributed by atoms with Crippen molar-refractivity contribution in [2.75, 3.05) is 6.61 Å². The molecule has 0 N–H and O–H groups in total. The van der Waals surface area contributed by atoms with Crippen molar-refractivity contribution in [2.45, 2.75) is 55.7 Å². The molecule has 4 rings (SSSR count). The first-order valence-corrected chi connectivity index (χ1v) is 5.37. The summed E-state index contributed by atoms with van der Waals surface area (Å²) in [4.78, 5) is 12.3. The molecule has 3 aliphatic heterocycles. The highest BCUT2D eigenvalue weighted by Crippen LogP contribution is 2.77. The monoisotopic (exact) mass is 210 g/mol. The average Bonchev–Trinajstić information content (AvgIpc) is 3.00. The fourth-order valence-electron chi connectivity index (χ4n) is 3.76. The van der Waals surface area contributed by atoms with Gasteiger partial charge in [-0.1, -0.05) is 0 Å². The normalized spacial score (nSPS) is 73.7. The molecule has 4 heteroatoms. The summed E-state index contributed by atoms with van der Waals surface area (Å²) in [6, 6.07) is 0. The van der Waals surface area contributed by atoms with Crippen LogP contribution in [0.25, 0.3) is 0 Å². The SMILES string of the molecule is CC12OC1(C)C1(CO1)C1(C)OC1(C)C2=O. The second-order valence-corrected chi connectivity index (χ2v) is 5.78. The Morgan fingerprint density at radius 3 is 1.73 bits per heavy atom. The maximum atomic E-state index is 12.3. The number of fused-ring (bicyclic) bond motifs is 4. The van der Waals surface area contributed by atoms with E-state index in [4.69, 9.17) is 14.2 Å². The van der Waals surface area contributed by atoms with Gasteiger partial charge in [0.15, 0.2) is 16.8 Å². The maximum absolute atomic E-state index is 12.3. The molecule has 1 aliphatic carbocycles. The van der Waals surface area contributed by atoms with Crippen LogP contribution >= 0.6 is 0 Å². The van der Waals surface area contributed by atoms with E-state index in [1.54, 1.807) is 0 Å². The number of ether oxygens (including phenoxy) is 3. The van der Waals surface area contributed by atoms with Gasteiger partial charge in [0.25, 0.3) is 0 Å². The highest BCUT2D eigenvalue weighted by molar-refractivity contribution is 6.04. The Balaban J connectivity index is 1.96. The molecule has 0 bridgehead atoms. The molecule has 3 saturated heterocycles. The van der Waals surface area contributed by atoms with Crippen molar-refractivity contribution in [2.24, 2.45) is 0 Å². The Bertz CT molecular complexity index is 394. The third-order valence-electron chi connectivity index (χ3n) is 5.39. The van der Waals surface area contributed by atoms with Crippen LogP contribution in [0.3, 0.4) is 0 Å². The number of carbonyl (C=O) groups excluding carboxylic acids is 1. The first-order chi connectivity index (χ1) is 6.78. The summed E-state index contributed by atoms with van der Waals surface area (Å²) >= 11 is 0. The first kappa shape index (κ1) is 8.67. The van der Waals surface area contributed by atoms with Crippen molar-refractivity contribution in [1.29, 1.82) is 0 Å². The van der Waals surface area contributed by atoms with Crippen LogP contribution in [0, 0.1) is 0 Å². The number of rotatable bonds is 0. The molecule has 0 aromatic carbocycles. The van der Waals surface area contributed by atoms with Crippen molar-refractivity contribution < 1.29 is 19.0 Å². The first-order valence-electron chi connectivity index (χ1n) is 5.37. The minimum Gasteiger partial charge on any atom is -0.363 e. The fourth-order valence-corrected chi connectivity index (χ4v) is 3.76. The van der Waals surface area contributed by atoms with Crippen LogP contribution in [-0.4, -0.2) is 40.4 Å². The lowest BCUT2D eigenvalue weighted by molar-refractivity contribution is -0.128. The van der Waals surface area contributed by atoms with Crippen molar-refractivity contribution >= 4 is 5.78 Å². The maximum Gasteiger partial charge on any atom is 0.201 e. The molecule has 0 aromatic heterocycles. The predicted octanol–water partition coefficient (Wildman–Crippen LogP) is 0.433. The standard InChI is InChI=1S/C11H14O4/c1-7-6(12)8(2)10(4,15-8)11(5-13-11)9(7,3)14-7/h5H2,1-4H3. The van der Waals surface area contributed by atoms with Gasteiger partial charge < -0.3 is 14.2 Å². The van der Waals surface area contributed by atoms with Gasteiger partial charge in [0.05, 0.1) is 6.61 Å². The van der Waals surface area contributed by atoms with E-state index in [0.29, 0.717) is 6.61 Å². The highest BCUT2D eigenvalue weighted by atomic mass is 16.7. The fraction of sp³-hybridized carbons (Fsp3) is 0.909. The molecule has 0 amide bonds. The molecule has 4 nitrogen and oxygen atoms in total. The molecule has 0 aromatic rings. The van der Waals surface area contributed by atoms with Crippen LogP contribution in [-0.2, 0) is 19.0 Å². The number of carbonyl (C=O) groups is 1. The van der Waals surface area contributed by atoms with Gasteiger partial charge in [-0.2, -0.15) is 0 Å². The molecule has 1 spiro atoms. The molecule has 4 atom stereocenters. The number of Topliss-reactive ketones (excluding diaryl/α,β-unsaturated/α-hetero) is 1. The highest BCUT2D eigenvalue weighted by Gasteiger charge is 3.00. The summed E-state index contributed by atoms with van der Waals surface area (Å²) in [5.74, 6) is 0.0705. The molecular weight excluding hydrogens is 196 g/mol. The van der Waals surface area contributed by atoms with Crippen LogP contribution in [0.1, 0.15) is 27.7 Å². The Kier molecular flexibility index (Phi) is 0.924. The summed E-state index contributed by atoms with van der Waals surface area (Å²) in [5.41, 5.74) is -2.76. The summed E-state index contributed by atoms with van der Waals surface area (Å²) in [6.07, 6.45) is 0. The van der Waals surface area contributed by atoms with Crippen molar-refractivity contribution in [3.05, 3.63) is 0 Å². The zero-order chi connectivity index (χ0) is 10.9. The lowest BCUT2D eigenvalue weighted by atomic mass is 9.63. The van der Waals surface area contributed by atoms with Gasteiger partial charge in [-0.05, 0) is 27.7 Å². The van der Waals surface area contributed by atoms with E-state index in [1.165, 1.54) is 0 Å². The van der Waals surface area contributed by atoms with E-state index >= 15 is 0 Å². The van der Waals surface area contributed by atoms with Crippen LogP contribution in [0.5, 0.6) is 0 Å². The molecule has 0 radical (unpaired) electrons. The third kappa shape index (κ3) is 0.493. The Hall–Kier alpha value is -0.450. The van der Waals surface area contributed by atoms with Crippen LogP contribution in [0.2, 0.25) is 0 Å². The molecule has 4 aliphatic rings. The third-order valence-corrected chi connectivity index (χ3v) is 5.39. The average molecular weight is 210 g/mol. The zero-order valence-electron chi connectivity index (χ0n) is 9.34. The molecule has 4 unspecified atom stereocenters. The van der Waals surface area contributed by atoms with Gasteiger partial charge in [0, 0.05) is 0 Å². The largest absolute Gasteiger partial charge is 0.363 e. The van der Waals surface area contributed by atoms with Gasteiger partial charge in [0.1, 0.15) is 11.2 Å². The number of hydrogen-bond acceptors (Lipinski definition) is 4. The van der Waals surface area contributed by atoms with E-state index in [0.717, 1.165) is 0 Å². The number of ketones is 1. The van der Waals surface area contributed by atoms with E-state index in [1.807, 2.05) is 27.7 Å². The molecule has 1 saturated carbocycles. The Morgan fingerprint density at radius 2 is 1.40 bits per heavy atom. The minimum atomic E-state index is -0.700. The molecular formula is C11H14O4. The quantitative estimate of drug-likeness (QED) is 0.544. The molecule has 82 valence electrons. The van der Waals surface area contributed by atoms with Gasteiger partial charge in [-0.25, -0.2) is 0 Å². The zero-order valence-corrected chi connectivity index (χ0v) is 9.34. The molecule has 3 heterocycles. The van der Waals surface area contributed by atoms with Crippen molar-refractivity contribution in [3.63, 3.8) is 0 Å². The van der Waals surface area contributed by atoms with Crippen molar-refractivity contribution in [3.8, 4) is 0 Å². The van der Waals surface area contributed by atoms with Gasteiger partial charge in [-0.15, -0.1) is 0 Å². The Morgan fingerprint density at radius 1 is 1.00 bits per heavy atom. The van der Waals surface area contributed by atoms with E-state index in [-0.39, 0.29) is 5.78 Å². The predicted molar refractivity (Wildman–Crippen MR) is 49.5 cm³/mol. The lowest BCUT2D eigenvalue weighted by Gasteiger charge is -2.30. The number of epoxide rings is 3. The molecule has 15 heavy (non-hydrogen) atoms. The molecule has 4 fully saturated rings. The van der Waals surface area contributed by atoms with Gasteiger partial charge in [0.2, 0.25) is 5.78 Å². The van der Waals surface area contributed by atoms with Gasteiger partial charge >= 0.3 is 0 Å². The number of hydrogen-bond donors (Lipinski definition) is 0. The topological polar surface area (TPSA) is 54.7 Å². The second-order valence-electron chi connectivity index (χ2n) is 5.78. The minimum absolute atomic E-state index is 0.0705. The van der Waals surface area contributed by atoms with Crippen LogP contribution in [0.15, 0.2) is 0 Å². The van der Waals surface area contributed by atoms with Crippen LogP contribution in [0.4, 0.5) is 0 Å². The summed E-state index contributed by atoms with van der Waals surface area (Å²) < 4.78 is 17.1. The smallest absolute Gasteiger partial charge is 0.201 e. The van der Waals surface area contributed by atoms with E-state index in [2.05, 4.69) is 0 Å². The van der Waals surface area contributed by atoms with Crippen molar-refractivity contribution in [1.82, 2.24) is 0 Å². The van der Waals surface area contributed by atoms with Crippen LogP contribution < -0.4 is 0 Å². The summed E-state index contributed by atoms with van der Waals surface area (Å²) in [5, 5.41) is 0. The summed E-state index contributed by atoms with van der Waals surface area (Å²) in [6.45, 7) is 8.27.